The second kappa shape index (κ2) is 25.1. The zero-order valence-electron chi connectivity index (χ0n) is 45.3. The Kier molecular flexibility index (Phi) is 17.1. The number of carbonyl (C=O) groups is 4. The van der Waals surface area contributed by atoms with Crippen LogP contribution >= 0.6 is 22.7 Å². The third-order valence-electron chi connectivity index (χ3n) is 14.6. The fraction of sp³-hybridized carbons (Fsp3) is 0.321. The number of carboxylic acids is 1. The second-order valence-electron chi connectivity index (χ2n) is 20.3. The van der Waals surface area contributed by atoms with Gasteiger partial charge in [0, 0.05) is 86.4 Å². The van der Waals surface area contributed by atoms with Crippen molar-refractivity contribution in [3.8, 4) is 28.6 Å². The maximum absolute atomic E-state index is 12.8. The van der Waals surface area contributed by atoms with Crippen LogP contribution < -0.4 is 22.5 Å². The van der Waals surface area contributed by atoms with Crippen LogP contribution in [0.3, 0.4) is 0 Å². The fourth-order valence-electron chi connectivity index (χ4n) is 9.80. The van der Waals surface area contributed by atoms with Crippen molar-refractivity contribution in [2.75, 3.05) is 75.9 Å². The number of nitrogens with zero attached hydrogens (tertiary/aromatic N) is 16. The summed E-state index contributed by atoms with van der Waals surface area (Å²) < 4.78 is 3.67. The number of nitrogens with one attached hydrogen (secondary N) is 1. The summed E-state index contributed by atoms with van der Waals surface area (Å²) >= 11 is 2.31. The van der Waals surface area contributed by atoms with Gasteiger partial charge in [0.05, 0.1) is 41.2 Å². The molecule has 83 heavy (non-hydrogen) atoms. The van der Waals surface area contributed by atoms with Crippen LogP contribution in [0.1, 0.15) is 76.2 Å². The number of likely N-dealkylation sites (N-methyl/N-ethyl adjacent to an activating group) is 2. The molecule has 0 radical (unpaired) electrons. The van der Waals surface area contributed by atoms with E-state index in [4.69, 9.17) is 39.2 Å². The minimum atomic E-state index is -0.992. The van der Waals surface area contributed by atoms with E-state index in [0.717, 1.165) is 48.4 Å². The molecule has 6 aromatic heterocycles. The number of nitrogens with two attached hydrogens (primary N) is 3. The summed E-state index contributed by atoms with van der Waals surface area (Å²) in [6.07, 6.45) is 19.4. The molecular formula is C56H58N20O5S2. The summed E-state index contributed by atoms with van der Waals surface area (Å²) in [4.78, 5) is 86.2. The monoisotopic (exact) mass is 1150 g/mol. The Labute approximate surface area is 484 Å². The number of aromatic nitrogens is 10. The molecule has 0 spiro atoms. The molecule has 2 aromatic carbocycles. The van der Waals surface area contributed by atoms with Crippen molar-refractivity contribution in [3.05, 3.63) is 125 Å². The van der Waals surface area contributed by atoms with Crippen LogP contribution in [0.2, 0.25) is 0 Å². The molecule has 0 bridgehead atoms. The summed E-state index contributed by atoms with van der Waals surface area (Å²) in [5.74, 6) is -0.711. The van der Waals surface area contributed by atoms with Crippen LogP contribution in [0.4, 0.5) is 26.9 Å². The third-order valence-corrected chi connectivity index (χ3v) is 16.1. The largest absolute Gasteiger partial charge is 0.478 e. The van der Waals surface area contributed by atoms with Gasteiger partial charge in [-0.05, 0) is 76.9 Å². The van der Waals surface area contributed by atoms with Gasteiger partial charge in [0.2, 0.25) is 11.8 Å². The Bertz CT molecular complexity index is 3850. The fourth-order valence-corrected chi connectivity index (χ4v) is 10.9. The highest BCUT2D eigenvalue weighted by Gasteiger charge is 2.33. The van der Waals surface area contributed by atoms with Crippen LogP contribution in [-0.4, -0.2) is 163 Å². The Hall–Kier alpha value is -9.54. The predicted molar refractivity (Wildman–Crippen MR) is 315 cm³/mol. The van der Waals surface area contributed by atoms with Gasteiger partial charge in [-0.2, -0.15) is 15.5 Å². The minimum absolute atomic E-state index is 0.00165. The Morgan fingerprint density at radius 1 is 0.711 bits per heavy atom. The van der Waals surface area contributed by atoms with Crippen molar-refractivity contribution >= 4 is 95.3 Å². The first-order valence-electron chi connectivity index (χ1n) is 26.6. The zero-order chi connectivity index (χ0) is 58.3. The number of carboxylic acid groups (broad SMARTS) is 1. The SMILES string of the molecule is CN(C/C=C/C(=O)N1CC[C@@H](n2nc(-c3ccc(C(=O)Nc4ncc(C#N)s4)cc3)c3c(N)ncnc32)C1)C1CC1.CN(C/C=C/C(=O)N1CC[C@@H](n2nc(-c3ccc(C(=O)O)cc3)c3c(N)ncnc32)C1)C1CC1.[C-]#[N+]c1cnc(N)s1. The first-order valence-corrected chi connectivity index (χ1v) is 28.3. The maximum Gasteiger partial charge on any atom is 0.335 e. The van der Waals surface area contributed by atoms with E-state index >= 15 is 0 Å². The number of aromatic carboxylic acids is 1. The van der Waals surface area contributed by atoms with E-state index in [1.165, 1.54) is 74.2 Å². The van der Waals surface area contributed by atoms with E-state index in [1.54, 1.807) is 48.6 Å². The normalized spacial score (nSPS) is 16.7. The molecule has 0 unspecified atom stereocenters. The number of benzene rings is 2. The molecule has 2 aliphatic carbocycles. The molecule has 2 saturated heterocycles. The molecule has 12 rings (SSSR count). The molecular weight excluding hydrogens is 1100 g/mol. The molecule has 8 aromatic rings. The number of hydrogen-bond acceptors (Lipinski definition) is 20. The summed E-state index contributed by atoms with van der Waals surface area (Å²) in [6.45, 7) is 10.4. The number of nitrogen functional groups attached to an aromatic ring is 3. The van der Waals surface area contributed by atoms with E-state index in [9.17, 15) is 24.3 Å². The van der Waals surface area contributed by atoms with E-state index in [2.05, 4.69) is 64.0 Å². The number of rotatable bonds is 15. The van der Waals surface area contributed by atoms with Crippen molar-refractivity contribution in [2.45, 2.75) is 62.7 Å². The van der Waals surface area contributed by atoms with E-state index in [1.807, 2.05) is 37.4 Å². The van der Waals surface area contributed by atoms with E-state index < -0.39 is 5.97 Å². The van der Waals surface area contributed by atoms with Gasteiger partial charge in [0.1, 0.15) is 46.6 Å². The predicted octanol–water partition coefficient (Wildman–Crippen LogP) is 6.55. The van der Waals surface area contributed by atoms with E-state index in [0.29, 0.717) is 109 Å². The molecule has 4 aliphatic rings. The van der Waals surface area contributed by atoms with Crippen LogP contribution in [0.15, 0.2) is 97.9 Å². The lowest BCUT2D eigenvalue weighted by molar-refractivity contribution is -0.125. The zero-order valence-corrected chi connectivity index (χ0v) is 46.9. The van der Waals surface area contributed by atoms with Crippen LogP contribution in [0.25, 0.3) is 49.4 Å². The summed E-state index contributed by atoms with van der Waals surface area (Å²) in [5.41, 5.74) is 22.2. The number of fused-ring (bicyclic) bond motifs is 2. The number of carbonyl (C=O) groups excluding carboxylic acids is 3. The van der Waals surface area contributed by atoms with Crippen LogP contribution in [0.5, 0.6) is 0 Å². The highest BCUT2D eigenvalue weighted by atomic mass is 32.1. The van der Waals surface area contributed by atoms with Gasteiger partial charge < -0.3 is 32.1 Å². The minimum Gasteiger partial charge on any atom is -0.478 e. The molecule has 4 fully saturated rings. The van der Waals surface area contributed by atoms with Gasteiger partial charge in [-0.3, -0.25) is 29.5 Å². The molecule has 8 N–H and O–H groups in total. The smallest absolute Gasteiger partial charge is 0.335 e. The van der Waals surface area contributed by atoms with Crippen LogP contribution in [-0.2, 0) is 9.59 Å². The van der Waals surface area contributed by atoms with Crippen LogP contribution in [0, 0.1) is 17.9 Å². The standard InChI is InChI=1S/C28H28N10O2S.C24H27N7O3.C4H3N3S/c1-36(19-8-9-19)11-2-3-22(39)37-12-10-20(15-37)38-26-23(25(30)32-16-33-26)24(35-38)17-4-6-18(7-5-17)27(40)34-28-31-14-21(13-29)41-28;1-29(17-8-9-17)11-2-3-19(32)30-12-10-18(13-30)31-23-20(22(25)26-14-27-23)21(28-31)15-4-6-16(7-5-15)24(33)34;1-6-3-2-7-4(5)8-3/h2-7,14,16,19-20H,8-12,15H2,1H3,(H2,30,32,33)(H,31,34,40);2-7,14,17-18H,8-13H2,1H3,(H,33,34)(H2,25,26,27);2H,(H2,5,7)/b2*3-2+;/t20-;18-;/m11./s1. The molecule has 2 atom stereocenters. The first kappa shape index (κ1) is 56.7. The lowest BCUT2D eigenvalue weighted by Crippen LogP contribution is -2.28. The molecule has 27 heteroatoms. The van der Waals surface area contributed by atoms with Crippen molar-refractivity contribution in [1.82, 2.24) is 69.1 Å². The first-order chi connectivity index (χ1) is 40.2. The Balaban J connectivity index is 0.000000165. The number of thiazole rings is 2. The topological polar surface area (TPSA) is 333 Å². The molecule has 2 saturated carbocycles. The molecule has 8 heterocycles. The van der Waals surface area contributed by atoms with Crippen molar-refractivity contribution < 1.29 is 24.3 Å². The Morgan fingerprint density at radius 2 is 1.20 bits per heavy atom. The van der Waals surface area contributed by atoms with Gasteiger partial charge >= 0.3 is 5.97 Å². The summed E-state index contributed by atoms with van der Waals surface area (Å²) in [7, 11) is 4.17. The van der Waals surface area contributed by atoms with Gasteiger partial charge in [0.15, 0.2) is 21.6 Å². The average Bonchev–Trinajstić information content (AvgIpc) is 4.25. The summed E-state index contributed by atoms with van der Waals surface area (Å²) in [5, 5.41) is 33.2. The van der Waals surface area contributed by atoms with E-state index in [-0.39, 0.29) is 35.4 Å². The molecule has 3 amide bonds. The van der Waals surface area contributed by atoms with Crippen molar-refractivity contribution in [1.29, 1.82) is 5.26 Å². The van der Waals surface area contributed by atoms with Gasteiger partial charge in [-0.15, -0.1) is 11.3 Å². The number of nitriles is 1. The van der Waals surface area contributed by atoms with Gasteiger partial charge in [0.25, 0.3) is 10.9 Å². The number of likely N-dealkylation sites (tertiary alicyclic amines) is 2. The lowest BCUT2D eigenvalue weighted by atomic mass is 10.1. The number of anilines is 4. The van der Waals surface area contributed by atoms with Crippen molar-refractivity contribution in [2.24, 2.45) is 0 Å². The molecule has 2 aliphatic heterocycles. The van der Waals surface area contributed by atoms with Crippen molar-refractivity contribution in [3.63, 3.8) is 0 Å². The van der Waals surface area contributed by atoms with Gasteiger partial charge in [-0.25, -0.2) is 48.9 Å². The molecule has 25 nitrogen and oxygen atoms in total. The maximum atomic E-state index is 12.8. The number of hydrogen-bond donors (Lipinski definition) is 5. The highest BCUT2D eigenvalue weighted by Crippen LogP contribution is 2.36. The molecule has 424 valence electrons. The third kappa shape index (κ3) is 13.3. The Morgan fingerprint density at radius 3 is 1.61 bits per heavy atom. The van der Waals surface area contributed by atoms with Gasteiger partial charge in [-0.1, -0.05) is 47.8 Å². The second-order valence-corrected chi connectivity index (χ2v) is 22.4. The summed E-state index contributed by atoms with van der Waals surface area (Å²) in [6, 6.07) is 16.7. The quantitative estimate of drug-likeness (QED) is 0.0536. The highest BCUT2D eigenvalue weighted by molar-refractivity contribution is 7.19. The number of amides is 3. The lowest BCUT2D eigenvalue weighted by Gasteiger charge is -2.16. The average molecular weight is 1160 g/mol.